The quantitative estimate of drug-likeness (QED) is 0.897. The molecule has 1 aromatic heterocycles. The van der Waals surface area contributed by atoms with E-state index < -0.39 is 0 Å². The van der Waals surface area contributed by atoms with Crippen molar-refractivity contribution in [3.05, 3.63) is 53.2 Å². The number of pyridine rings is 1. The van der Waals surface area contributed by atoms with Gasteiger partial charge in [0.25, 0.3) is 5.91 Å². The summed E-state index contributed by atoms with van der Waals surface area (Å²) in [5.74, 6) is 0.457. The second kappa shape index (κ2) is 8.13. The number of halogens is 1. The largest absolute Gasteiger partial charge is 0.368 e. The van der Waals surface area contributed by atoms with Crippen LogP contribution in [-0.4, -0.2) is 37.1 Å². The smallest absolute Gasteiger partial charge is 0.257 e. The summed E-state index contributed by atoms with van der Waals surface area (Å²) >= 11 is 0. The highest BCUT2D eigenvalue weighted by atomic mass is 35.5. The standard InChI is InChI=1S/C18H22N4O.ClH/c1-13-3-5-16(14(2)11-13)18(23)21-17-6-4-15(12-20-17)22-9-7-19-8-10-22;/h3-6,11-12,19H,7-10H2,1-2H3,(H,20,21,23);1H. The number of aromatic nitrogens is 1. The molecule has 1 aliphatic heterocycles. The van der Waals surface area contributed by atoms with Gasteiger partial charge in [0.05, 0.1) is 11.9 Å². The Hall–Kier alpha value is -2.11. The molecule has 1 amide bonds. The number of carbonyl (C=O) groups is 1. The molecule has 0 radical (unpaired) electrons. The van der Waals surface area contributed by atoms with Crippen molar-refractivity contribution in [2.75, 3.05) is 36.4 Å². The minimum atomic E-state index is -0.120. The third-order valence-corrected chi connectivity index (χ3v) is 4.10. The van der Waals surface area contributed by atoms with Crippen molar-refractivity contribution >= 4 is 29.8 Å². The van der Waals surface area contributed by atoms with E-state index in [4.69, 9.17) is 0 Å². The topological polar surface area (TPSA) is 57.3 Å². The van der Waals surface area contributed by atoms with E-state index in [2.05, 4.69) is 20.5 Å². The zero-order chi connectivity index (χ0) is 16.2. The molecular weight excluding hydrogens is 324 g/mol. The number of rotatable bonds is 3. The number of hydrogen-bond acceptors (Lipinski definition) is 4. The molecule has 3 rings (SSSR count). The molecule has 0 bridgehead atoms. The summed E-state index contributed by atoms with van der Waals surface area (Å²) in [5, 5.41) is 6.20. The van der Waals surface area contributed by atoms with Crippen molar-refractivity contribution in [1.29, 1.82) is 0 Å². The molecule has 5 nitrogen and oxygen atoms in total. The fraction of sp³-hybridized carbons (Fsp3) is 0.333. The van der Waals surface area contributed by atoms with Gasteiger partial charge in [0.2, 0.25) is 0 Å². The van der Waals surface area contributed by atoms with Gasteiger partial charge in [-0.1, -0.05) is 17.7 Å². The van der Waals surface area contributed by atoms with Crippen LogP contribution in [0.5, 0.6) is 0 Å². The van der Waals surface area contributed by atoms with E-state index in [1.807, 2.05) is 50.4 Å². The molecule has 24 heavy (non-hydrogen) atoms. The summed E-state index contributed by atoms with van der Waals surface area (Å²) in [6.07, 6.45) is 1.82. The normalized spacial score (nSPS) is 14.0. The van der Waals surface area contributed by atoms with E-state index in [9.17, 15) is 4.79 Å². The predicted molar refractivity (Wildman–Crippen MR) is 100 cm³/mol. The van der Waals surface area contributed by atoms with Gasteiger partial charge in [0.15, 0.2) is 0 Å². The summed E-state index contributed by atoms with van der Waals surface area (Å²) in [5.41, 5.74) is 3.90. The Morgan fingerprint density at radius 2 is 1.92 bits per heavy atom. The van der Waals surface area contributed by atoms with E-state index in [1.165, 1.54) is 0 Å². The zero-order valence-corrected chi connectivity index (χ0v) is 14.8. The van der Waals surface area contributed by atoms with Crippen LogP contribution >= 0.6 is 12.4 Å². The summed E-state index contributed by atoms with van der Waals surface area (Å²) in [4.78, 5) is 19.0. The second-order valence-electron chi connectivity index (χ2n) is 5.91. The van der Waals surface area contributed by atoms with Crippen molar-refractivity contribution in [1.82, 2.24) is 10.3 Å². The Morgan fingerprint density at radius 1 is 1.17 bits per heavy atom. The number of nitrogens with one attached hydrogen (secondary N) is 2. The number of carbonyl (C=O) groups excluding carboxylic acids is 1. The van der Waals surface area contributed by atoms with Crippen LogP contribution in [0.1, 0.15) is 21.5 Å². The summed E-state index contributed by atoms with van der Waals surface area (Å²) in [6, 6.07) is 9.68. The fourth-order valence-corrected chi connectivity index (χ4v) is 2.82. The van der Waals surface area contributed by atoms with E-state index in [1.54, 1.807) is 0 Å². The number of benzene rings is 1. The van der Waals surface area contributed by atoms with Crippen LogP contribution in [0.15, 0.2) is 36.5 Å². The fourth-order valence-electron chi connectivity index (χ4n) is 2.82. The van der Waals surface area contributed by atoms with Gasteiger partial charge in [-0.05, 0) is 37.6 Å². The van der Waals surface area contributed by atoms with Crippen molar-refractivity contribution in [3.63, 3.8) is 0 Å². The summed E-state index contributed by atoms with van der Waals surface area (Å²) in [7, 11) is 0. The molecule has 1 aliphatic rings. The maximum absolute atomic E-state index is 12.4. The van der Waals surface area contributed by atoms with Crippen molar-refractivity contribution < 1.29 is 4.79 Å². The molecule has 0 spiro atoms. The molecule has 2 heterocycles. The third-order valence-electron chi connectivity index (χ3n) is 4.10. The van der Waals surface area contributed by atoms with Crippen molar-refractivity contribution in [3.8, 4) is 0 Å². The molecule has 0 atom stereocenters. The highest BCUT2D eigenvalue weighted by molar-refractivity contribution is 6.04. The average Bonchev–Trinajstić information content (AvgIpc) is 2.56. The minimum Gasteiger partial charge on any atom is -0.368 e. The molecule has 2 aromatic rings. The Bertz CT molecular complexity index is 697. The molecule has 1 fully saturated rings. The highest BCUT2D eigenvalue weighted by Gasteiger charge is 2.12. The van der Waals surface area contributed by atoms with Gasteiger partial charge in [-0.15, -0.1) is 12.4 Å². The monoisotopic (exact) mass is 346 g/mol. The van der Waals surface area contributed by atoms with E-state index in [0.717, 1.165) is 43.0 Å². The van der Waals surface area contributed by atoms with Gasteiger partial charge in [0.1, 0.15) is 5.82 Å². The first kappa shape index (κ1) is 18.2. The number of anilines is 2. The van der Waals surface area contributed by atoms with Crippen molar-refractivity contribution in [2.45, 2.75) is 13.8 Å². The van der Waals surface area contributed by atoms with Crippen LogP contribution in [0.4, 0.5) is 11.5 Å². The molecule has 1 saturated heterocycles. The van der Waals surface area contributed by atoms with Gasteiger partial charge < -0.3 is 15.5 Å². The Balaban J connectivity index is 0.00000208. The molecular formula is C18H23ClN4O. The first-order valence-electron chi connectivity index (χ1n) is 7.94. The Morgan fingerprint density at radius 3 is 2.54 bits per heavy atom. The molecule has 0 saturated carbocycles. The molecule has 6 heteroatoms. The molecule has 2 N–H and O–H groups in total. The number of nitrogens with zero attached hydrogens (tertiary/aromatic N) is 2. The maximum Gasteiger partial charge on any atom is 0.257 e. The van der Waals surface area contributed by atoms with Crippen molar-refractivity contribution in [2.24, 2.45) is 0 Å². The molecule has 1 aromatic carbocycles. The van der Waals surface area contributed by atoms with Gasteiger partial charge in [-0.3, -0.25) is 4.79 Å². The minimum absolute atomic E-state index is 0. The third kappa shape index (κ3) is 4.24. The lowest BCUT2D eigenvalue weighted by Crippen LogP contribution is -2.43. The van der Waals surface area contributed by atoms with E-state index in [0.29, 0.717) is 11.4 Å². The number of amides is 1. The van der Waals surface area contributed by atoms with Crippen LogP contribution in [0.2, 0.25) is 0 Å². The summed E-state index contributed by atoms with van der Waals surface area (Å²) < 4.78 is 0. The van der Waals surface area contributed by atoms with Gasteiger partial charge in [-0.2, -0.15) is 0 Å². The highest BCUT2D eigenvalue weighted by Crippen LogP contribution is 2.17. The zero-order valence-electron chi connectivity index (χ0n) is 14.0. The molecule has 128 valence electrons. The SMILES string of the molecule is Cc1ccc(C(=O)Nc2ccc(N3CCNCC3)cn2)c(C)c1.Cl. The summed E-state index contributed by atoms with van der Waals surface area (Å²) in [6.45, 7) is 7.91. The number of hydrogen-bond donors (Lipinski definition) is 2. The van der Waals surface area contributed by atoms with Crippen LogP contribution in [0.25, 0.3) is 0 Å². The molecule has 0 aliphatic carbocycles. The Labute approximate surface area is 148 Å². The molecule has 0 unspecified atom stereocenters. The first-order chi connectivity index (χ1) is 11.1. The second-order valence-corrected chi connectivity index (χ2v) is 5.91. The van der Waals surface area contributed by atoms with Gasteiger partial charge >= 0.3 is 0 Å². The lowest BCUT2D eigenvalue weighted by Gasteiger charge is -2.29. The first-order valence-corrected chi connectivity index (χ1v) is 7.94. The lowest BCUT2D eigenvalue weighted by molar-refractivity contribution is 0.102. The van der Waals surface area contributed by atoms with Crippen LogP contribution in [0, 0.1) is 13.8 Å². The number of piperazine rings is 1. The average molecular weight is 347 g/mol. The van der Waals surface area contributed by atoms with Crippen LogP contribution in [0.3, 0.4) is 0 Å². The van der Waals surface area contributed by atoms with Crippen LogP contribution < -0.4 is 15.5 Å². The van der Waals surface area contributed by atoms with Crippen LogP contribution in [-0.2, 0) is 0 Å². The number of aryl methyl sites for hydroxylation is 2. The van der Waals surface area contributed by atoms with E-state index in [-0.39, 0.29) is 18.3 Å². The van der Waals surface area contributed by atoms with Gasteiger partial charge in [-0.25, -0.2) is 4.98 Å². The van der Waals surface area contributed by atoms with E-state index >= 15 is 0 Å². The maximum atomic E-state index is 12.4. The predicted octanol–water partition coefficient (Wildman–Crippen LogP) is 2.78. The van der Waals surface area contributed by atoms with Gasteiger partial charge in [0, 0.05) is 31.7 Å². The Kier molecular flexibility index (Phi) is 6.17. The lowest BCUT2D eigenvalue weighted by atomic mass is 10.1.